The van der Waals surface area contributed by atoms with Gasteiger partial charge in [0.05, 0.1) is 0 Å². The molecule has 6 nitrogen and oxygen atoms in total. The summed E-state index contributed by atoms with van der Waals surface area (Å²) in [4.78, 5) is 21.2. The quantitative estimate of drug-likeness (QED) is 0.838. The van der Waals surface area contributed by atoms with Crippen molar-refractivity contribution in [3.8, 4) is 11.4 Å². The average Bonchev–Trinajstić information content (AvgIpc) is 3.09. The predicted molar refractivity (Wildman–Crippen MR) is 87.1 cm³/mol. The lowest BCUT2D eigenvalue weighted by atomic mass is 10.2. The molecule has 0 radical (unpaired) electrons. The SMILES string of the molecule is O=C(CCc1nc(-c2ccsc2)no1)N1CCN(C2CC2)CC1. The highest BCUT2D eigenvalue weighted by molar-refractivity contribution is 7.08. The number of carbonyl (C=O) groups excluding carboxylic acids is 1. The molecule has 4 rings (SSSR count). The van der Waals surface area contributed by atoms with Gasteiger partial charge < -0.3 is 9.42 Å². The van der Waals surface area contributed by atoms with E-state index in [1.54, 1.807) is 11.3 Å². The van der Waals surface area contributed by atoms with Gasteiger partial charge in [0.25, 0.3) is 0 Å². The van der Waals surface area contributed by atoms with E-state index in [1.807, 2.05) is 21.7 Å². The molecule has 2 aliphatic rings. The van der Waals surface area contributed by atoms with Crippen molar-refractivity contribution >= 4 is 17.2 Å². The summed E-state index contributed by atoms with van der Waals surface area (Å²) in [6, 6.07) is 2.75. The smallest absolute Gasteiger partial charge is 0.227 e. The first kappa shape index (κ1) is 14.8. The number of amides is 1. The molecule has 1 amide bonds. The molecule has 23 heavy (non-hydrogen) atoms. The molecule has 2 aromatic rings. The van der Waals surface area contributed by atoms with E-state index in [-0.39, 0.29) is 5.91 Å². The van der Waals surface area contributed by atoms with Crippen molar-refractivity contribution in [1.29, 1.82) is 0 Å². The van der Waals surface area contributed by atoms with E-state index >= 15 is 0 Å². The molecular formula is C16H20N4O2S. The van der Waals surface area contributed by atoms with E-state index in [0.29, 0.717) is 24.6 Å². The Balaban J connectivity index is 1.26. The number of carbonyl (C=O) groups is 1. The topological polar surface area (TPSA) is 62.5 Å². The molecule has 0 atom stereocenters. The van der Waals surface area contributed by atoms with Crippen molar-refractivity contribution in [2.45, 2.75) is 31.7 Å². The number of nitrogens with zero attached hydrogens (tertiary/aromatic N) is 4. The number of aryl methyl sites for hydroxylation is 1. The number of thiophene rings is 1. The highest BCUT2D eigenvalue weighted by Gasteiger charge is 2.32. The first-order valence-electron chi connectivity index (χ1n) is 8.16. The maximum atomic E-state index is 12.3. The van der Waals surface area contributed by atoms with Crippen molar-refractivity contribution in [2.75, 3.05) is 26.2 Å². The zero-order chi connectivity index (χ0) is 15.6. The third kappa shape index (κ3) is 3.45. The minimum absolute atomic E-state index is 0.190. The minimum Gasteiger partial charge on any atom is -0.340 e. The zero-order valence-corrected chi connectivity index (χ0v) is 13.8. The Hall–Kier alpha value is -1.73. The van der Waals surface area contributed by atoms with Gasteiger partial charge >= 0.3 is 0 Å². The minimum atomic E-state index is 0.190. The predicted octanol–water partition coefficient (Wildman–Crippen LogP) is 2.04. The van der Waals surface area contributed by atoms with Gasteiger partial charge in [0, 0.05) is 56.0 Å². The maximum Gasteiger partial charge on any atom is 0.227 e. The summed E-state index contributed by atoms with van der Waals surface area (Å²) in [5.41, 5.74) is 0.965. The fourth-order valence-corrected chi connectivity index (χ4v) is 3.65. The Morgan fingerprint density at radius 3 is 2.83 bits per heavy atom. The molecule has 7 heteroatoms. The van der Waals surface area contributed by atoms with Crippen LogP contribution in [0, 0.1) is 0 Å². The highest BCUT2D eigenvalue weighted by Crippen LogP contribution is 2.27. The third-order valence-corrected chi connectivity index (χ3v) is 5.21. The summed E-state index contributed by atoms with van der Waals surface area (Å²) in [6.07, 6.45) is 3.61. The number of aromatic nitrogens is 2. The molecule has 0 N–H and O–H groups in total. The number of hydrogen-bond donors (Lipinski definition) is 0. The molecule has 1 saturated carbocycles. The molecule has 122 valence electrons. The Morgan fingerprint density at radius 2 is 2.13 bits per heavy atom. The normalized spacial score (nSPS) is 19.2. The van der Waals surface area contributed by atoms with Crippen molar-refractivity contribution in [3.63, 3.8) is 0 Å². The van der Waals surface area contributed by atoms with E-state index < -0.39 is 0 Å². The van der Waals surface area contributed by atoms with Crippen LogP contribution >= 0.6 is 11.3 Å². The standard InChI is InChI=1S/C16H20N4O2S/c21-15(20-8-6-19(7-9-20)13-1-2-13)4-3-14-17-16(18-22-14)12-5-10-23-11-12/h5,10-11,13H,1-4,6-9H2. The van der Waals surface area contributed by atoms with E-state index in [1.165, 1.54) is 12.8 Å². The molecule has 3 heterocycles. The van der Waals surface area contributed by atoms with Crippen LogP contribution in [0.25, 0.3) is 11.4 Å². The van der Waals surface area contributed by atoms with Gasteiger partial charge in [0.1, 0.15) is 0 Å². The lowest BCUT2D eigenvalue weighted by Crippen LogP contribution is -2.49. The fraction of sp³-hybridized carbons (Fsp3) is 0.562. The van der Waals surface area contributed by atoms with Crippen molar-refractivity contribution in [2.24, 2.45) is 0 Å². The third-order valence-electron chi connectivity index (χ3n) is 4.53. The molecular weight excluding hydrogens is 312 g/mol. The molecule has 1 aliphatic carbocycles. The van der Waals surface area contributed by atoms with Crippen LogP contribution in [-0.4, -0.2) is 58.1 Å². The second-order valence-corrected chi connectivity index (χ2v) is 6.95. The van der Waals surface area contributed by atoms with Crippen LogP contribution in [-0.2, 0) is 11.2 Å². The summed E-state index contributed by atoms with van der Waals surface area (Å²) in [5.74, 6) is 1.33. The average molecular weight is 332 g/mol. The van der Waals surface area contributed by atoms with Gasteiger partial charge in [-0.3, -0.25) is 9.69 Å². The van der Waals surface area contributed by atoms with Crippen LogP contribution in [0.2, 0.25) is 0 Å². The molecule has 0 aromatic carbocycles. The first-order valence-corrected chi connectivity index (χ1v) is 9.11. The summed E-state index contributed by atoms with van der Waals surface area (Å²) < 4.78 is 5.25. The molecule has 0 bridgehead atoms. The van der Waals surface area contributed by atoms with Crippen LogP contribution in [0.4, 0.5) is 0 Å². The molecule has 1 aliphatic heterocycles. The van der Waals surface area contributed by atoms with Gasteiger partial charge in [0.15, 0.2) is 0 Å². The largest absolute Gasteiger partial charge is 0.340 e. The molecule has 0 spiro atoms. The summed E-state index contributed by atoms with van der Waals surface area (Å²) >= 11 is 1.60. The van der Waals surface area contributed by atoms with Crippen LogP contribution in [0.1, 0.15) is 25.2 Å². The van der Waals surface area contributed by atoms with E-state index in [0.717, 1.165) is 37.8 Å². The number of rotatable bonds is 5. The van der Waals surface area contributed by atoms with Crippen molar-refractivity contribution in [1.82, 2.24) is 19.9 Å². The zero-order valence-electron chi connectivity index (χ0n) is 13.0. The van der Waals surface area contributed by atoms with E-state index in [9.17, 15) is 4.79 Å². The van der Waals surface area contributed by atoms with Crippen LogP contribution in [0.15, 0.2) is 21.3 Å². The first-order chi connectivity index (χ1) is 11.3. The number of hydrogen-bond acceptors (Lipinski definition) is 6. The van der Waals surface area contributed by atoms with Gasteiger partial charge in [-0.15, -0.1) is 0 Å². The second kappa shape index (κ2) is 6.41. The maximum absolute atomic E-state index is 12.3. The van der Waals surface area contributed by atoms with Gasteiger partial charge in [-0.2, -0.15) is 16.3 Å². The van der Waals surface area contributed by atoms with Gasteiger partial charge in [-0.05, 0) is 24.3 Å². The van der Waals surface area contributed by atoms with E-state index in [4.69, 9.17) is 4.52 Å². The summed E-state index contributed by atoms with van der Waals surface area (Å²) in [6.45, 7) is 3.72. The lowest BCUT2D eigenvalue weighted by molar-refractivity contribution is -0.133. The summed E-state index contributed by atoms with van der Waals surface area (Å²) in [5, 5.41) is 7.94. The monoisotopic (exact) mass is 332 g/mol. The number of piperazine rings is 1. The Bertz CT molecular complexity index is 657. The van der Waals surface area contributed by atoms with E-state index in [2.05, 4.69) is 15.0 Å². The highest BCUT2D eigenvalue weighted by atomic mass is 32.1. The second-order valence-electron chi connectivity index (χ2n) is 6.17. The molecule has 0 unspecified atom stereocenters. The van der Waals surface area contributed by atoms with Crippen LogP contribution in [0.5, 0.6) is 0 Å². The molecule has 2 fully saturated rings. The van der Waals surface area contributed by atoms with Crippen LogP contribution < -0.4 is 0 Å². The van der Waals surface area contributed by atoms with Crippen molar-refractivity contribution < 1.29 is 9.32 Å². The Kier molecular flexibility index (Phi) is 4.13. The van der Waals surface area contributed by atoms with Crippen LogP contribution in [0.3, 0.4) is 0 Å². The summed E-state index contributed by atoms with van der Waals surface area (Å²) in [7, 11) is 0. The van der Waals surface area contributed by atoms with Gasteiger partial charge in [-0.25, -0.2) is 0 Å². The molecule has 1 saturated heterocycles. The fourth-order valence-electron chi connectivity index (χ4n) is 3.01. The Morgan fingerprint density at radius 1 is 1.30 bits per heavy atom. The lowest BCUT2D eigenvalue weighted by Gasteiger charge is -2.34. The van der Waals surface area contributed by atoms with Gasteiger partial charge in [-0.1, -0.05) is 5.16 Å². The van der Waals surface area contributed by atoms with Crippen molar-refractivity contribution in [3.05, 3.63) is 22.7 Å². The Labute approximate surface area is 139 Å². The molecule has 2 aromatic heterocycles. The van der Waals surface area contributed by atoms with Gasteiger partial charge in [0.2, 0.25) is 17.6 Å².